The second-order valence-electron chi connectivity index (χ2n) is 8.58. The number of hydrogen-bond donors (Lipinski definition) is 1. The van der Waals surface area contributed by atoms with Crippen LogP contribution in [0.25, 0.3) is 0 Å². The Balaban J connectivity index is 2.04. The van der Waals surface area contributed by atoms with Crippen molar-refractivity contribution < 1.29 is 31.5 Å². The molecule has 0 saturated carbocycles. The Morgan fingerprint density at radius 1 is 0.949 bits per heavy atom. The van der Waals surface area contributed by atoms with E-state index in [2.05, 4.69) is 5.32 Å². The third-order valence-electron chi connectivity index (χ3n) is 5.93. The van der Waals surface area contributed by atoms with E-state index < -0.39 is 46.1 Å². The molecule has 0 saturated heterocycles. The average molecular weight is 560 g/mol. The lowest BCUT2D eigenvalue weighted by Crippen LogP contribution is -2.51. The van der Waals surface area contributed by atoms with E-state index in [0.717, 1.165) is 33.5 Å². The normalized spacial score (nSPS) is 11.9. The molecule has 0 heterocycles. The number of amides is 2. The van der Waals surface area contributed by atoms with Crippen molar-refractivity contribution in [2.75, 3.05) is 24.0 Å². The van der Waals surface area contributed by atoms with Crippen molar-refractivity contribution in [3.8, 4) is 5.75 Å². The summed E-state index contributed by atoms with van der Waals surface area (Å²) >= 11 is 0. The van der Waals surface area contributed by atoms with E-state index in [-0.39, 0.29) is 22.7 Å². The number of nitrogens with zero attached hydrogens (tertiary/aromatic N) is 2. The topological polar surface area (TPSA) is 96.0 Å². The highest BCUT2D eigenvalue weighted by Crippen LogP contribution is 2.27. The Hall–Kier alpha value is -3.99. The number of carbonyl (C=O) groups is 2. The second-order valence-corrected chi connectivity index (χ2v) is 10.4. The van der Waals surface area contributed by atoms with Crippen LogP contribution in [0.15, 0.2) is 77.7 Å². The van der Waals surface area contributed by atoms with E-state index in [1.54, 1.807) is 32.0 Å². The van der Waals surface area contributed by atoms with Crippen LogP contribution in [0.3, 0.4) is 0 Å². The molecule has 1 N–H and O–H groups in total. The first-order chi connectivity index (χ1) is 18.6. The zero-order chi connectivity index (χ0) is 28.6. The van der Waals surface area contributed by atoms with Crippen LogP contribution >= 0.6 is 0 Å². The maximum absolute atomic E-state index is 14.5. The van der Waals surface area contributed by atoms with Crippen LogP contribution in [0.4, 0.5) is 14.5 Å². The molecule has 0 spiro atoms. The number of rotatable bonds is 12. The first kappa shape index (κ1) is 29.6. The van der Waals surface area contributed by atoms with E-state index in [0.29, 0.717) is 18.9 Å². The van der Waals surface area contributed by atoms with E-state index in [4.69, 9.17) is 4.74 Å². The van der Waals surface area contributed by atoms with E-state index in [1.807, 2.05) is 0 Å². The maximum Gasteiger partial charge on any atom is 0.264 e. The second kappa shape index (κ2) is 13.2. The van der Waals surface area contributed by atoms with E-state index in [1.165, 1.54) is 37.3 Å². The molecule has 0 aliphatic heterocycles. The summed E-state index contributed by atoms with van der Waals surface area (Å²) in [7, 11) is -4.36. The van der Waals surface area contributed by atoms with Crippen LogP contribution in [0.5, 0.6) is 5.75 Å². The fourth-order valence-electron chi connectivity index (χ4n) is 3.85. The summed E-state index contributed by atoms with van der Waals surface area (Å²) < 4.78 is 61.8. The van der Waals surface area contributed by atoms with Gasteiger partial charge in [0, 0.05) is 18.7 Å². The summed E-state index contributed by atoms with van der Waals surface area (Å²) in [6, 6.07) is 15.1. The summed E-state index contributed by atoms with van der Waals surface area (Å²) in [5.41, 5.74) is 0.309. The minimum absolute atomic E-state index is 0.146. The van der Waals surface area contributed by atoms with Gasteiger partial charge in [-0.1, -0.05) is 18.2 Å². The molecule has 0 aliphatic rings. The minimum Gasteiger partial charge on any atom is -0.494 e. The molecule has 3 rings (SSSR count). The van der Waals surface area contributed by atoms with Gasteiger partial charge in [-0.2, -0.15) is 0 Å². The molecule has 0 bridgehead atoms. The highest BCUT2D eigenvalue weighted by atomic mass is 32.2. The number of likely N-dealkylation sites (N-methyl/N-ethyl adjacent to an activating group) is 1. The summed E-state index contributed by atoms with van der Waals surface area (Å²) in [4.78, 5) is 27.3. The third-order valence-corrected chi connectivity index (χ3v) is 7.72. The molecule has 208 valence electrons. The molecular weight excluding hydrogens is 528 g/mol. The van der Waals surface area contributed by atoms with Crippen LogP contribution in [0.1, 0.15) is 26.3 Å². The Labute approximate surface area is 227 Å². The van der Waals surface area contributed by atoms with Crippen molar-refractivity contribution in [1.82, 2.24) is 10.2 Å². The fourth-order valence-corrected chi connectivity index (χ4v) is 5.27. The van der Waals surface area contributed by atoms with Gasteiger partial charge >= 0.3 is 0 Å². The van der Waals surface area contributed by atoms with Crippen molar-refractivity contribution >= 4 is 27.5 Å². The lowest BCUT2D eigenvalue weighted by Gasteiger charge is -2.32. The molecule has 2 amide bonds. The molecule has 0 radical (unpaired) electrons. The van der Waals surface area contributed by atoms with Crippen LogP contribution in [-0.2, 0) is 26.2 Å². The molecule has 0 unspecified atom stereocenters. The van der Waals surface area contributed by atoms with Gasteiger partial charge in [0.05, 0.1) is 17.2 Å². The molecule has 0 fully saturated rings. The summed E-state index contributed by atoms with van der Waals surface area (Å²) in [6.07, 6.45) is 0. The van der Waals surface area contributed by atoms with Crippen molar-refractivity contribution in [3.05, 3.63) is 90.0 Å². The molecule has 11 heteroatoms. The third kappa shape index (κ3) is 7.32. The van der Waals surface area contributed by atoms with Gasteiger partial charge in [0.25, 0.3) is 10.0 Å². The molecule has 3 aromatic rings. The Morgan fingerprint density at radius 2 is 1.59 bits per heavy atom. The van der Waals surface area contributed by atoms with Gasteiger partial charge in [0.1, 0.15) is 30.0 Å². The van der Waals surface area contributed by atoms with Crippen molar-refractivity contribution in [3.63, 3.8) is 0 Å². The Bertz CT molecular complexity index is 1380. The molecule has 0 aliphatic carbocycles. The summed E-state index contributed by atoms with van der Waals surface area (Å²) in [6.45, 7) is 4.75. The average Bonchev–Trinajstić information content (AvgIpc) is 2.92. The summed E-state index contributed by atoms with van der Waals surface area (Å²) in [5.74, 6) is -1.91. The number of benzene rings is 3. The molecule has 39 heavy (non-hydrogen) atoms. The number of sulfonamides is 1. The first-order valence-electron chi connectivity index (χ1n) is 12.4. The Morgan fingerprint density at radius 3 is 2.18 bits per heavy atom. The number of nitrogens with one attached hydrogen (secondary N) is 1. The SMILES string of the molecule is CCNC(=O)[C@@H](C)N(Cc1ccccc1F)C(=O)CN(c1ccc(OCC)cc1)S(=O)(=O)c1ccc(F)cc1. The predicted molar refractivity (Wildman–Crippen MR) is 144 cm³/mol. The number of ether oxygens (including phenoxy) is 1. The Kier molecular flexibility index (Phi) is 10.00. The van der Waals surface area contributed by atoms with Crippen LogP contribution in [0, 0.1) is 11.6 Å². The maximum atomic E-state index is 14.5. The van der Waals surface area contributed by atoms with Crippen LogP contribution in [-0.4, -0.2) is 50.9 Å². The zero-order valence-corrected chi connectivity index (χ0v) is 22.8. The molecule has 1 atom stereocenters. The number of carbonyl (C=O) groups excluding carboxylic acids is 2. The predicted octanol–water partition coefficient (Wildman–Crippen LogP) is 4.11. The largest absolute Gasteiger partial charge is 0.494 e. The van der Waals surface area contributed by atoms with E-state index >= 15 is 0 Å². The van der Waals surface area contributed by atoms with Gasteiger partial charge < -0.3 is 15.0 Å². The number of hydrogen-bond acceptors (Lipinski definition) is 5. The molecule has 8 nitrogen and oxygen atoms in total. The molecular formula is C28H31F2N3O5S. The zero-order valence-electron chi connectivity index (χ0n) is 21.9. The van der Waals surface area contributed by atoms with Crippen LogP contribution in [0.2, 0.25) is 0 Å². The van der Waals surface area contributed by atoms with Crippen molar-refractivity contribution in [2.24, 2.45) is 0 Å². The van der Waals surface area contributed by atoms with Gasteiger partial charge in [-0.3, -0.25) is 13.9 Å². The van der Waals surface area contributed by atoms with Gasteiger partial charge in [-0.05, 0) is 75.4 Å². The molecule has 3 aromatic carbocycles. The van der Waals surface area contributed by atoms with Gasteiger partial charge in [-0.15, -0.1) is 0 Å². The minimum atomic E-state index is -4.36. The van der Waals surface area contributed by atoms with Crippen molar-refractivity contribution in [2.45, 2.75) is 38.3 Å². The van der Waals surface area contributed by atoms with Gasteiger partial charge in [0.15, 0.2) is 0 Å². The lowest BCUT2D eigenvalue weighted by molar-refractivity contribution is -0.139. The van der Waals surface area contributed by atoms with Crippen molar-refractivity contribution in [1.29, 1.82) is 0 Å². The quantitative estimate of drug-likeness (QED) is 0.360. The van der Waals surface area contributed by atoms with Crippen LogP contribution < -0.4 is 14.4 Å². The van der Waals surface area contributed by atoms with Gasteiger partial charge in [0.2, 0.25) is 11.8 Å². The molecule has 0 aromatic heterocycles. The number of halogens is 2. The van der Waals surface area contributed by atoms with Gasteiger partial charge in [-0.25, -0.2) is 17.2 Å². The summed E-state index contributed by atoms with van der Waals surface area (Å²) in [5, 5.41) is 2.64. The first-order valence-corrected chi connectivity index (χ1v) is 13.8. The fraction of sp³-hybridized carbons (Fsp3) is 0.286. The smallest absolute Gasteiger partial charge is 0.264 e. The van der Waals surface area contributed by atoms with E-state index in [9.17, 15) is 26.8 Å². The highest BCUT2D eigenvalue weighted by molar-refractivity contribution is 7.92. The standard InChI is InChI=1S/C28H31F2N3O5S/c1-4-31-28(35)20(3)32(18-21-8-6-7-9-26(21)30)27(34)19-33(23-12-14-24(15-13-23)38-5-2)39(36,37)25-16-10-22(29)11-17-25/h6-17,20H,4-5,18-19H2,1-3H3,(H,31,35)/t20-/m1/s1. The lowest BCUT2D eigenvalue weighted by atomic mass is 10.1. The number of anilines is 1. The highest BCUT2D eigenvalue weighted by Gasteiger charge is 2.32. The monoisotopic (exact) mass is 559 g/mol.